The van der Waals surface area contributed by atoms with Crippen LogP contribution >= 0.6 is 11.6 Å². The van der Waals surface area contributed by atoms with Crippen LogP contribution in [-0.2, 0) is 23.0 Å². The topological polar surface area (TPSA) is 88.7 Å². The summed E-state index contributed by atoms with van der Waals surface area (Å²) in [4.78, 5) is 16.0. The van der Waals surface area contributed by atoms with Crippen LogP contribution in [0.3, 0.4) is 0 Å². The first-order chi connectivity index (χ1) is 17.2. The monoisotopic (exact) mass is 526 g/mol. The highest BCUT2D eigenvalue weighted by Gasteiger charge is 2.27. The third kappa shape index (κ3) is 5.41. The van der Waals surface area contributed by atoms with E-state index < -0.39 is 10.0 Å². The first-order valence-corrected chi connectivity index (χ1v) is 13.1. The molecule has 0 amide bonds. The molecule has 0 aliphatic heterocycles. The van der Waals surface area contributed by atoms with Crippen LogP contribution in [0.5, 0.6) is 11.5 Å². The number of H-pyrrole nitrogens is 1. The highest BCUT2D eigenvalue weighted by atomic mass is 35.5. The van der Waals surface area contributed by atoms with E-state index in [0.717, 1.165) is 5.56 Å². The first kappa shape index (κ1) is 25.8. The van der Waals surface area contributed by atoms with Gasteiger partial charge >= 0.3 is 0 Å². The molecule has 0 saturated carbocycles. The molecule has 7 nitrogen and oxygen atoms in total. The van der Waals surface area contributed by atoms with Crippen LogP contribution < -0.4 is 15.0 Å². The molecule has 3 aromatic carbocycles. The van der Waals surface area contributed by atoms with Crippen LogP contribution in [0.15, 0.2) is 76.4 Å². The Labute approximate surface area is 215 Å². The number of halogens is 1. The molecule has 0 radical (unpaired) electrons. The molecule has 1 heterocycles. The van der Waals surface area contributed by atoms with E-state index in [1.807, 2.05) is 30.3 Å². The molecule has 0 spiro atoms. The number of rotatable bonds is 9. The van der Waals surface area contributed by atoms with Crippen molar-refractivity contribution in [3.8, 4) is 11.5 Å². The molecule has 36 heavy (non-hydrogen) atoms. The molecule has 0 aliphatic carbocycles. The van der Waals surface area contributed by atoms with Gasteiger partial charge in [0.15, 0.2) is 11.5 Å². The molecule has 0 fully saturated rings. The maximum atomic E-state index is 13.8. The number of aryl methyl sites for hydroxylation is 1. The summed E-state index contributed by atoms with van der Waals surface area (Å²) in [5, 5.41) is 1.02. The molecule has 0 saturated heterocycles. The summed E-state index contributed by atoms with van der Waals surface area (Å²) in [7, 11) is -0.918. The summed E-state index contributed by atoms with van der Waals surface area (Å²) >= 11 is 6.14. The van der Waals surface area contributed by atoms with Gasteiger partial charge in [-0.3, -0.25) is 4.79 Å². The van der Waals surface area contributed by atoms with E-state index in [9.17, 15) is 13.2 Å². The lowest BCUT2D eigenvalue weighted by Gasteiger charge is -2.23. The molecule has 0 atom stereocenters. The van der Waals surface area contributed by atoms with Crippen LogP contribution in [0.1, 0.15) is 16.7 Å². The second-order valence-corrected chi connectivity index (χ2v) is 10.7. The number of hydrogen-bond donors (Lipinski definition) is 1. The lowest BCUT2D eigenvalue weighted by Crippen LogP contribution is -2.35. The second kappa shape index (κ2) is 10.7. The summed E-state index contributed by atoms with van der Waals surface area (Å²) in [5.41, 5.74) is 2.06. The first-order valence-electron chi connectivity index (χ1n) is 11.3. The fourth-order valence-electron chi connectivity index (χ4n) is 4.06. The van der Waals surface area contributed by atoms with Crippen molar-refractivity contribution in [3.05, 3.63) is 98.8 Å². The van der Waals surface area contributed by atoms with E-state index in [0.29, 0.717) is 45.0 Å². The average molecular weight is 527 g/mol. The standard InChI is InChI=1S/C27H27ClN2O5S/c1-18-9-10-22(28)15-26(18)36(32,33)30(12-11-19-7-5-4-6-8-19)17-21-13-20-14-24(34-2)25(35-3)16-23(20)29-27(21)31/h4-10,13-16H,11-12,17H2,1-3H3,(H,29,31). The van der Waals surface area contributed by atoms with E-state index in [2.05, 4.69) is 4.98 Å². The zero-order valence-corrected chi connectivity index (χ0v) is 21.8. The quantitative estimate of drug-likeness (QED) is 0.334. The van der Waals surface area contributed by atoms with Gasteiger partial charge in [-0.25, -0.2) is 8.42 Å². The molecule has 4 rings (SSSR count). The summed E-state index contributed by atoms with van der Waals surface area (Å²) in [6.07, 6.45) is 0.482. The van der Waals surface area contributed by atoms with E-state index in [-0.39, 0.29) is 23.5 Å². The highest BCUT2D eigenvalue weighted by Crippen LogP contribution is 2.31. The summed E-state index contributed by atoms with van der Waals surface area (Å²) in [5.74, 6) is 0.989. The van der Waals surface area contributed by atoms with Gasteiger partial charge in [0.1, 0.15) is 0 Å². The third-order valence-corrected chi connectivity index (χ3v) is 8.25. The molecule has 9 heteroatoms. The highest BCUT2D eigenvalue weighted by molar-refractivity contribution is 7.89. The number of nitrogens with zero attached hydrogens (tertiary/aromatic N) is 1. The van der Waals surface area contributed by atoms with Crippen molar-refractivity contribution in [2.45, 2.75) is 24.8 Å². The number of fused-ring (bicyclic) bond motifs is 1. The SMILES string of the molecule is COc1cc2cc(CN(CCc3ccccc3)S(=O)(=O)c3cc(Cl)ccc3C)c(=O)[nH]c2cc1OC. The van der Waals surface area contributed by atoms with Crippen molar-refractivity contribution >= 4 is 32.5 Å². The van der Waals surface area contributed by atoms with Crippen LogP contribution in [0.25, 0.3) is 10.9 Å². The van der Waals surface area contributed by atoms with Crippen molar-refractivity contribution in [2.75, 3.05) is 20.8 Å². The van der Waals surface area contributed by atoms with E-state index in [1.54, 1.807) is 37.3 Å². The molecule has 188 valence electrons. The number of nitrogens with one attached hydrogen (secondary N) is 1. The fraction of sp³-hybridized carbons (Fsp3) is 0.222. The molecular formula is C27H27ClN2O5S. The Bertz CT molecular complexity index is 1550. The van der Waals surface area contributed by atoms with Gasteiger partial charge in [0.05, 0.1) is 24.6 Å². The smallest absolute Gasteiger partial charge is 0.252 e. The van der Waals surface area contributed by atoms with Gasteiger partial charge in [-0.15, -0.1) is 0 Å². The van der Waals surface area contributed by atoms with Crippen molar-refractivity contribution in [2.24, 2.45) is 0 Å². The summed E-state index contributed by atoms with van der Waals surface area (Å²) in [6, 6.07) is 19.5. The maximum absolute atomic E-state index is 13.8. The Morgan fingerprint density at radius 1 is 0.944 bits per heavy atom. The molecule has 0 aliphatic rings. The van der Waals surface area contributed by atoms with Gasteiger partial charge in [-0.2, -0.15) is 4.31 Å². The molecule has 0 unspecified atom stereocenters. The van der Waals surface area contributed by atoms with Gasteiger partial charge in [-0.05, 0) is 48.7 Å². The molecule has 1 N–H and O–H groups in total. The summed E-state index contributed by atoms with van der Waals surface area (Å²) < 4.78 is 39.7. The Morgan fingerprint density at radius 3 is 2.33 bits per heavy atom. The van der Waals surface area contributed by atoms with E-state index >= 15 is 0 Å². The Morgan fingerprint density at radius 2 is 1.64 bits per heavy atom. The number of hydrogen-bond acceptors (Lipinski definition) is 5. The van der Waals surface area contributed by atoms with Crippen LogP contribution in [0, 0.1) is 6.92 Å². The van der Waals surface area contributed by atoms with Crippen molar-refractivity contribution in [1.82, 2.24) is 9.29 Å². The van der Waals surface area contributed by atoms with E-state index in [1.165, 1.54) is 24.6 Å². The number of pyridine rings is 1. The van der Waals surface area contributed by atoms with Crippen molar-refractivity contribution < 1.29 is 17.9 Å². The maximum Gasteiger partial charge on any atom is 0.252 e. The number of aromatic nitrogens is 1. The largest absolute Gasteiger partial charge is 0.493 e. The minimum Gasteiger partial charge on any atom is -0.493 e. The third-order valence-electron chi connectivity index (χ3n) is 6.03. The van der Waals surface area contributed by atoms with Gasteiger partial charge in [-0.1, -0.05) is 48.0 Å². The normalized spacial score (nSPS) is 11.7. The average Bonchev–Trinajstić information content (AvgIpc) is 2.87. The molecule has 0 bridgehead atoms. The Kier molecular flexibility index (Phi) is 7.68. The molecule has 4 aromatic rings. The molecule has 1 aromatic heterocycles. The van der Waals surface area contributed by atoms with Crippen LogP contribution in [0.4, 0.5) is 0 Å². The van der Waals surface area contributed by atoms with Gasteiger partial charge in [0, 0.05) is 35.1 Å². The lowest BCUT2D eigenvalue weighted by atomic mass is 10.1. The fourth-order valence-corrected chi connectivity index (χ4v) is 5.97. The minimum absolute atomic E-state index is 0.110. The second-order valence-electron chi connectivity index (χ2n) is 8.40. The Balaban J connectivity index is 1.77. The Hall–Kier alpha value is -3.33. The number of benzene rings is 3. The number of sulfonamides is 1. The minimum atomic E-state index is -3.96. The zero-order chi connectivity index (χ0) is 25.9. The van der Waals surface area contributed by atoms with Crippen molar-refractivity contribution in [3.63, 3.8) is 0 Å². The number of methoxy groups -OCH3 is 2. The summed E-state index contributed by atoms with van der Waals surface area (Å²) in [6.45, 7) is 1.80. The number of aromatic amines is 1. The van der Waals surface area contributed by atoms with Crippen molar-refractivity contribution in [1.29, 1.82) is 0 Å². The van der Waals surface area contributed by atoms with Gasteiger partial charge in [0.25, 0.3) is 5.56 Å². The molecular weight excluding hydrogens is 500 g/mol. The predicted octanol–water partition coefficient (Wildman–Crippen LogP) is 4.94. The van der Waals surface area contributed by atoms with Crippen LogP contribution in [0.2, 0.25) is 5.02 Å². The van der Waals surface area contributed by atoms with Crippen LogP contribution in [-0.4, -0.2) is 38.5 Å². The number of ether oxygens (including phenoxy) is 2. The van der Waals surface area contributed by atoms with Gasteiger partial charge < -0.3 is 14.5 Å². The zero-order valence-electron chi connectivity index (χ0n) is 20.2. The van der Waals surface area contributed by atoms with Gasteiger partial charge in [0.2, 0.25) is 10.0 Å². The lowest BCUT2D eigenvalue weighted by molar-refractivity contribution is 0.355. The van der Waals surface area contributed by atoms with E-state index in [4.69, 9.17) is 21.1 Å². The predicted molar refractivity (Wildman–Crippen MR) is 142 cm³/mol.